The number of ether oxygens (including phenoxy) is 1. The quantitative estimate of drug-likeness (QED) is 0.656. The second-order valence-corrected chi connectivity index (χ2v) is 9.52. The van der Waals surface area contributed by atoms with Gasteiger partial charge in [0.15, 0.2) is 5.69 Å². The average molecular weight is 444 g/mol. The number of hydrogen-bond donors (Lipinski definition) is 0. The molecule has 0 bridgehead atoms. The average Bonchev–Trinajstić information content (AvgIpc) is 3.33. The van der Waals surface area contributed by atoms with Crippen LogP contribution in [0.2, 0.25) is 0 Å². The summed E-state index contributed by atoms with van der Waals surface area (Å²) in [5.74, 6) is 1.24. The first-order chi connectivity index (χ1) is 15.1. The molecule has 4 rings (SSSR count). The predicted octanol–water partition coefficient (Wildman–Crippen LogP) is 3.00. The van der Waals surface area contributed by atoms with E-state index in [1.807, 2.05) is 11.0 Å². The zero-order valence-corrected chi connectivity index (χ0v) is 19.4. The molecule has 2 aromatic rings. The van der Waals surface area contributed by atoms with E-state index in [0.29, 0.717) is 24.3 Å². The Bertz CT molecular complexity index is 838. The number of benzene rings is 1. The van der Waals surface area contributed by atoms with Crippen molar-refractivity contribution in [2.75, 3.05) is 46.9 Å². The number of piperidine rings is 2. The highest BCUT2D eigenvalue weighted by Crippen LogP contribution is 2.22. The Kier molecular flexibility index (Phi) is 7.53. The van der Waals surface area contributed by atoms with E-state index in [-0.39, 0.29) is 5.91 Å². The number of nitrogens with zero attached hydrogens (tertiary/aromatic N) is 5. The van der Waals surface area contributed by atoms with Gasteiger partial charge < -0.3 is 14.5 Å². The van der Waals surface area contributed by atoms with Gasteiger partial charge in [-0.3, -0.25) is 9.69 Å². The van der Waals surface area contributed by atoms with E-state index in [4.69, 9.17) is 4.74 Å². The molecule has 168 valence electrons. The highest BCUT2D eigenvalue weighted by molar-refractivity contribution is 6.99. The molecule has 0 aliphatic carbocycles. The number of aromatic nitrogens is 2. The summed E-state index contributed by atoms with van der Waals surface area (Å²) in [7, 11) is 4.43. The van der Waals surface area contributed by atoms with Crippen LogP contribution in [0.3, 0.4) is 0 Å². The fourth-order valence-corrected chi connectivity index (χ4v) is 5.01. The molecule has 0 spiro atoms. The van der Waals surface area contributed by atoms with Gasteiger partial charge in [0.1, 0.15) is 5.75 Å². The first-order valence-corrected chi connectivity index (χ1v) is 12.0. The van der Waals surface area contributed by atoms with Gasteiger partial charge in [-0.25, -0.2) is 0 Å². The molecule has 0 saturated carbocycles. The molecule has 8 heteroatoms. The topological polar surface area (TPSA) is 61.8 Å². The van der Waals surface area contributed by atoms with E-state index in [1.165, 1.54) is 31.5 Å². The standard InChI is InChI=1S/C23H33N5O2S/c1-26-11-8-20(9-12-26)27(2)15-18-5-3-7-21(13-18)30-17-19-6-4-10-28(16-19)23(29)22-14-24-31-25-22/h3,5,7,13-14,19-20H,4,6,8-12,15-17H2,1-2H3. The summed E-state index contributed by atoms with van der Waals surface area (Å²) >= 11 is 1.08. The van der Waals surface area contributed by atoms with Gasteiger partial charge in [0, 0.05) is 31.6 Å². The first kappa shape index (κ1) is 22.2. The van der Waals surface area contributed by atoms with Crippen molar-refractivity contribution in [1.29, 1.82) is 0 Å². The zero-order valence-electron chi connectivity index (χ0n) is 18.6. The molecule has 0 N–H and O–H groups in total. The van der Waals surface area contributed by atoms with E-state index in [9.17, 15) is 4.79 Å². The molecular formula is C23H33N5O2S. The summed E-state index contributed by atoms with van der Waals surface area (Å²) in [6.07, 6.45) is 6.10. The van der Waals surface area contributed by atoms with Crippen LogP contribution in [0.4, 0.5) is 0 Å². The van der Waals surface area contributed by atoms with Crippen LogP contribution < -0.4 is 4.74 Å². The molecule has 1 unspecified atom stereocenters. The Labute approximate surface area is 189 Å². The smallest absolute Gasteiger partial charge is 0.275 e. The fraction of sp³-hybridized carbons (Fsp3) is 0.609. The van der Waals surface area contributed by atoms with Gasteiger partial charge >= 0.3 is 0 Å². The van der Waals surface area contributed by atoms with Crippen LogP contribution in [-0.2, 0) is 6.54 Å². The van der Waals surface area contributed by atoms with E-state index in [0.717, 1.165) is 50.0 Å². The first-order valence-electron chi connectivity index (χ1n) is 11.3. The zero-order chi connectivity index (χ0) is 21.6. The Balaban J connectivity index is 1.27. The molecule has 7 nitrogen and oxygen atoms in total. The van der Waals surface area contributed by atoms with Crippen molar-refractivity contribution < 1.29 is 9.53 Å². The van der Waals surface area contributed by atoms with Crippen molar-refractivity contribution in [1.82, 2.24) is 23.4 Å². The molecule has 2 fully saturated rings. The lowest BCUT2D eigenvalue weighted by molar-refractivity contribution is 0.0628. The van der Waals surface area contributed by atoms with E-state index in [1.54, 1.807) is 6.20 Å². The summed E-state index contributed by atoms with van der Waals surface area (Å²) < 4.78 is 14.2. The monoisotopic (exact) mass is 443 g/mol. The number of rotatable bonds is 7. The normalized spacial score (nSPS) is 20.9. The molecule has 2 aliphatic rings. The second kappa shape index (κ2) is 10.5. The minimum Gasteiger partial charge on any atom is -0.493 e. The minimum absolute atomic E-state index is 0.0163. The number of amides is 1. The number of carbonyl (C=O) groups excluding carboxylic acids is 1. The largest absolute Gasteiger partial charge is 0.493 e. The highest BCUT2D eigenvalue weighted by atomic mass is 32.1. The van der Waals surface area contributed by atoms with Gasteiger partial charge in [-0.15, -0.1) is 0 Å². The summed E-state index contributed by atoms with van der Waals surface area (Å²) in [6, 6.07) is 9.11. The maximum absolute atomic E-state index is 12.6. The van der Waals surface area contributed by atoms with Crippen LogP contribution in [0.5, 0.6) is 5.75 Å². The lowest BCUT2D eigenvalue weighted by atomic mass is 9.98. The van der Waals surface area contributed by atoms with Crippen molar-refractivity contribution >= 4 is 17.6 Å². The Morgan fingerprint density at radius 1 is 1.26 bits per heavy atom. The van der Waals surface area contributed by atoms with Gasteiger partial charge in [0.05, 0.1) is 24.5 Å². The lowest BCUT2D eigenvalue weighted by Crippen LogP contribution is -2.41. The molecule has 3 heterocycles. The van der Waals surface area contributed by atoms with Crippen molar-refractivity contribution in [3.63, 3.8) is 0 Å². The van der Waals surface area contributed by atoms with Crippen LogP contribution in [0.25, 0.3) is 0 Å². The molecule has 1 atom stereocenters. The molecule has 2 aliphatic heterocycles. The maximum Gasteiger partial charge on any atom is 0.275 e. The van der Waals surface area contributed by atoms with Gasteiger partial charge in [-0.1, -0.05) is 12.1 Å². The minimum atomic E-state index is -0.0163. The third-order valence-electron chi connectivity index (χ3n) is 6.51. The van der Waals surface area contributed by atoms with Crippen molar-refractivity contribution in [2.45, 2.75) is 38.3 Å². The lowest BCUT2D eigenvalue weighted by Gasteiger charge is -2.35. The third-order valence-corrected chi connectivity index (χ3v) is 6.99. The predicted molar refractivity (Wildman–Crippen MR) is 122 cm³/mol. The van der Waals surface area contributed by atoms with Crippen molar-refractivity contribution in [3.8, 4) is 5.75 Å². The summed E-state index contributed by atoms with van der Waals surface area (Å²) in [6.45, 7) is 5.43. The molecule has 1 amide bonds. The molecule has 2 saturated heterocycles. The van der Waals surface area contributed by atoms with Gasteiger partial charge in [0.2, 0.25) is 0 Å². The summed E-state index contributed by atoms with van der Waals surface area (Å²) in [5, 5.41) is 0. The fourth-order valence-electron chi connectivity index (χ4n) is 4.61. The maximum atomic E-state index is 12.6. The van der Waals surface area contributed by atoms with Gasteiger partial charge in [-0.2, -0.15) is 8.75 Å². The Hall–Kier alpha value is -2.03. The van der Waals surface area contributed by atoms with Crippen LogP contribution in [0, 0.1) is 5.92 Å². The number of likely N-dealkylation sites (tertiary alicyclic amines) is 2. The molecule has 0 radical (unpaired) electrons. The van der Waals surface area contributed by atoms with Crippen LogP contribution in [0.15, 0.2) is 30.5 Å². The van der Waals surface area contributed by atoms with Crippen LogP contribution >= 0.6 is 11.7 Å². The van der Waals surface area contributed by atoms with Crippen LogP contribution in [0.1, 0.15) is 41.7 Å². The van der Waals surface area contributed by atoms with E-state index in [2.05, 4.69) is 50.8 Å². The highest BCUT2D eigenvalue weighted by Gasteiger charge is 2.26. The third kappa shape index (κ3) is 6.02. The van der Waals surface area contributed by atoms with Crippen molar-refractivity contribution in [3.05, 3.63) is 41.7 Å². The Morgan fingerprint density at radius 3 is 2.87 bits per heavy atom. The number of hydrogen-bond acceptors (Lipinski definition) is 7. The number of carbonyl (C=O) groups is 1. The second-order valence-electron chi connectivity index (χ2n) is 8.96. The van der Waals surface area contributed by atoms with E-state index >= 15 is 0 Å². The SMILES string of the molecule is CN1CCC(N(C)Cc2cccc(OCC3CCCN(C(=O)c4cnsn4)C3)c2)CC1. The molecular weight excluding hydrogens is 410 g/mol. The molecule has 31 heavy (non-hydrogen) atoms. The molecule has 1 aromatic carbocycles. The summed E-state index contributed by atoms with van der Waals surface area (Å²) in [5.41, 5.74) is 1.74. The Morgan fingerprint density at radius 2 is 2.10 bits per heavy atom. The summed E-state index contributed by atoms with van der Waals surface area (Å²) in [4.78, 5) is 19.3. The molecule has 1 aromatic heterocycles. The van der Waals surface area contributed by atoms with Gasteiger partial charge in [-0.05, 0) is 70.6 Å². The van der Waals surface area contributed by atoms with Crippen molar-refractivity contribution in [2.24, 2.45) is 5.92 Å². The van der Waals surface area contributed by atoms with Gasteiger partial charge in [0.25, 0.3) is 5.91 Å². The van der Waals surface area contributed by atoms with E-state index < -0.39 is 0 Å². The van der Waals surface area contributed by atoms with Crippen LogP contribution in [-0.4, -0.2) is 82.3 Å².